The number of halogens is 2. The molecule has 0 radical (unpaired) electrons. The Morgan fingerprint density at radius 3 is 2.56 bits per heavy atom. The fourth-order valence-corrected chi connectivity index (χ4v) is 4.69. The lowest BCUT2D eigenvalue weighted by atomic mass is 9.91. The zero-order valence-corrected chi connectivity index (χ0v) is 22.4. The first-order valence-corrected chi connectivity index (χ1v) is 12.2. The highest BCUT2D eigenvalue weighted by molar-refractivity contribution is 5.85. The van der Waals surface area contributed by atoms with Crippen LogP contribution in [0.15, 0.2) is 18.2 Å². The number of benzene rings is 1. The van der Waals surface area contributed by atoms with Gasteiger partial charge in [-0.1, -0.05) is 32.8 Å². The summed E-state index contributed by atoms with van der Waals surface area (Å²) in [6, 6.07) is 6.70. The highest BCUT2D eigenvalue weighted by Gasteiger charge is 2.34. The van der Waals surface area contributed by atoms with Gasteiger partial charge in [-0.25, -0.2) is 0 Å². The lowest BCUT2D eigenvalue weighted by Crippen LogP contribution is -2.46. The van der Waals surface area contributed by atoms with Crippen LogP contribution in [0.1, 0.15) is 51.5 Å². The zero-order chi connectivity index (χ0) is 22.9. The Balaban J connectivity index is 0.00000289. The third kappa shape index (κ3) is 9.69. The van der Waals surface area contributed by atoms with Gasteiger partial charge in [-0.2, -0.15) is 0 Å². The van der Waals surface area contributed by atoms with E-state index in [1.54, 1.807) is 7.11 Å². The Morgan fingerprint density at radius 2 is 1.88 bits per heavy atom. The van der Waals surface area contributed by atoms with Gasteiger partial charge in [0.25, 0.3) is 0 Å². The molecule has 0 amide bonds. The van der Waals surface area contributed by atoms with Gasteiger partial charge in [-0.05, 0) is 43.4 Å². The first kappa shape index (κ1) is 31.2. The quantitative estimate of drug-likeness (QED) is 0.388. The summed E-state index contributed by atoms with van der Waals surface area (Å²) in [5.41, 5.74) is 1.14. The van der Waals surface area contributed by atoms with Crippen molar-refractivity contribution in [1.82, 2.24) is 10.2 Å². The maximum atomic E-state index is 10.1. The van der Waals surface area contributed by atoms with E-state index in [9.17, 15) is 10.2 Å². The fraction of sp³-hybridized carbons (Fsp3) is 0.760. The minimum Gasteiger partial charge on any atom is -0.493 e. The number of nitrogens with one attached hydrogen (secondary N) is 1. The smallest absolute Gasteiger partial charge is 0.161 e. The van der Waals surface area contributed by atoms with Crippen molar-refractivity contribution in [3.05, 3.63) is 23.8 Å². The number of β-amino-alcohol motifs (C(OH)–C–C–N with tert-alkyl or cyclic N) is 1. The van der Waals surface area contributed by atoms with Gasteiger partial charge in [-0.3, -0.25) is 4.90 Å². The number of hydrogen-bond acceptors (Lipinski definition) is 7. The van der Waals surface area contributed by atoms with Crippen LogP contribution in [0, 0.1) is 0 Å². The third-order valence-electron chi connectivity index (χ3n) is 6.48. The van der Waals surface area contributed by atoms with Gasteiger partial charge in [0.2, 0.25) is 0 Å². The van der Waals surface area contributed by atoms with Gasteiger partial charge < -0.3 is 29.7 Å². The highest BCUT2D eigenvalue weighted by Crippen LogP contribution is 2.30. The van der Waals surface area contributed by atoms with Gasteiger partial charge in [-0.15, -0.1) is 24.8 Å². The molecule has 1 aliphatic carbocycles. The molecule has 1 aromatic carbocycles. The average Bonchev–Trinajstić information content (AvgIpc) is 3.23. The van der Waals surface area contributed by atoms with E-state index in [-0.39, 0.29) is 43.6 Å². The molecule has 1 heterocycles. The second-order valence-electron chi connectivity index (χ2n) is 9.46. The summed E-state index contributed by atoms with van der Waals surface area (Å²) in [5, 5.41) is 23.2. The molecule has 2 fully saturated rings. The van der Waals surface area contributed by atoms with E-state index in [1.807, 2.05) is 32.0 Å². The van der Waals surface area contributed by atoms with Gasteiger partial charge in [0.1, 0.15) is 12.7 Å². The Labute approximate surface area is 217 Å². The maximum absolute atomic E-state index is 10.1. The fourth-order valence-electron chi connectivity index (χ4n) is 4.69. The third-order valence-corrected chi connectivity index (χ3v) is 6.48. The zero-order valence-electron chi connectivity index (χ0n) is 20.8. The SMILES string of the molecule is COc1cc(CCO[C@@H]2CCCC[C@@H]2N2CCC(O)C2)ccc1OCC(O)CNC(C)C.Cl.Cl. The maximum Gasteiger partial charge on any atom is 0.161 e. The summed E-state index contributed by atoms with van der Waals surface area (Å²) in [4.78, 5) is 2.43. The number of nitrogens with zero attached hydrogens (tertiary/aromatic N) is 1. The standard InChI is InChI=1S/C25H42N2O5.2ClH/c1-18(2)26-15-21(29)17-32-24-9-8-19(14-25(24)30-3)11-13-31-23-7-5-4-6-22(23)27-12-10-20(28)16-27;;/h8-9,14,18,20-23,26,28-29H,4-7,10-13,15-17H2,1-3H3;2*1H/t20?,21?,22-,23+;;/m0../s1. The molecule has 0 aromatic heterocycles. The second kappa shape index (κ2) is 16.0. The van der Waals surface area contributed by atoms with Crippen LogP contribution in [0.4, 0.5) is 0 Å². The first-order valence-electron chi connectivity index (χ1n) is 12.2. The van der Waals surface area contributed by atoms with E-state index in [2.05, 4.69) is 10.2 Å². The molecule has 0 bridgehead atoms. The van der Waals surface area contributed by atoms with Crippen LogP contribution >= 0.6 is 24.8 Å². The van der Waals surface area contributed by atoms with Gasteiger partial charge >= 0.3 is 0 Å². The molecule has 4 atom stereocenters. The predicted molar refractivity (Wildman–Crippen MR) is 140 cm³/mol. The van der Waals surface area contributed by atoms with Gasteiger partial charge in [0.05, 0.1) is 25.9 Å². The van der Waals surface area contributed by atoms with Crippen LogP contribution in [0.5, 0.6) is 11.5 Å². The van der Waals surface area contributed by atoms with Crippen LogP contribution in [0.3, 0.4) is 0 Å². The molecule has 198 valence electrons. The van der Waals surface area contributed by atoms with Crippen LogP contribution in [-0.2, 0) is 11.2 Å². The van der Waals surface area contributed by atoms with Crippen molar-refractivity contribution >= 4 is 24.8 Å². The van der Waals surface area contributed by atoms with Crippen molar-refractivity contribution in [1.29, 1.82) is 0 Å². The molecule has 3 rings (SSSR count). The number of ether oxygens (including phenoxy) is 3. The summed E-state index contributed by atoms with van der Waals surface area (Å²) in [6.07, 6.45) is 5.91. The van der Waals surface area contributed by atoms with E-state index < -0.39 is 6.10 Å². The molecule has 1 aromatic rings. The number of methoxy groups -OCH3 is 1. The molecular weight excluding hydrogens is 479 g/mol. The molecule has 2 unspecified atom stereocenters. The number of hydrogen-bond donors (Lipinski definition) is 3. The summed E-state index contributed by atoms with van der Waals surface area (Å²) in [7, 11) is 1.64. The Morgan fingerprint density at radius 1 is 1.12 bits per heavy atom. The monoisotopic (exact) mass is 522 g/mol. The van der Waals surface area contributed by atoms with Crippen molar-refractivity contribution in [2.24, 2.45) is 0 Å². The highest BCUT2D eigenvalue weighted by atomic mass is 35.5. The van der Waals surface area contributed by atoms with E-state index in [0.717, 1.165) is 44.3 Å². The van der Waals surface area contributed by atoms with E-state index >= 15 is 0 Å². The van der Waals surface area contributed by atoms with Crippen molar-refractivity contribution < 1.29 is 24.4 Å². The van der Waals surface area contributed by atoms with Crippen LogP contribution in [0.25, 0.3) is 0 Å². The molecule has 1 saturated carbocycles. The summed E-state index contributed by atoms with van der Waals surface area (Å²) < 4.78 is 17.6. The minimum absolute atomic E-state index is 0. The molecule has 1 aliphatic heterocycles. The molecule has 9 heteroatoms. The normalized spacial score (nSPS) is 23.8. The largest absolute Gasteiger partial charge is 0.493 e. The molecule has 3 N–H and O–H groups in total. The number of aliphatic hydroxyl groups is 2. The molecule has 34 heavy (non-hydrogen) atoms. The van der Waals surface area contributed by atoms with Crippen molar-refractivity contribution in [2.45, 2.75) is 82.8 Å². The molecule has 7 nitrogen and oxygen atoms in total. The Bertz CT molecular complexity index is 697. The van der Waals surface area contributed by atoms with E-state index in [0.29, 0.717) is 36.7 Å². The van der Waals surface area contributed by atoms with Crippen LogP contribution in [-0.4, -0.2) is 85.5 Å². The molecule has 0 spiro atoms. The number of rotatable bonds is 12. The lowest BCUT2D eigenvalue weighted by Gasteiger charge is -2.37. The van der Waals surface area contributed by atoms with Gasteiger partial charge in [0.15, 0.2) is 11.5 Å². The summed E-state index contributed by atoms with van der Waals surface area (Å²) in [5.74, 6) is 1.31. The molecule has 1 saturated heterocycles. The lowest BCUT2D eigenvalue weighted by molar-refractivity contribution is -0.0316. The van der Waals surface area contributed by atoms with Gasteiger partial charge in [0, 0.05) is 31.7 Å². The second-order valence-corrected chi connectivity index (χ2v) is 9.46. The summed E-state index contributed by atoms with van der Waals surface area (Å²) in [6.45, 7) is 7.23. The van der Waals surface area contributed by atoms with E-state index in [4.69, 9.17) is 14.2 Å². The Hall–Kier alpha value is -0.800. The molecular formula is C25H44Cl2N2O5. The van der Waals surface area contributed by atoms with Crippen molar-refractivity contribution in [3.63, 3.8) is 0 Å². The van der Waals surface area contributed by atoms with Crippen LogP contribution in [0.2, 0.25) is 0 Å². The average molecular weight is 524 g/mol. The van der Waals surface area contributed by atoms with E-state index in [1.165, 1.54) is 12.8 Å². The number of likely N-dealkylation sites (tertiary alicyclic amines) is 1. The molecule has 2 aliphatic rings. The van der Waals surface area contributed by atoms with Crippen molar-refractivity contribution in [2.75, 3.05) is 40.0 Å². The predicted octanol–water partition coefficient (Wildman–Crippen LogP) is 3.21. The summed E-state index contributed by atoms with van der Waals surface area (Å²) >= 11 is 0. The van der Waals surface area contributed by atoms with Crippen LogP contribution < -0.4 is 14.8 Å². The minimum atomic E-state index is -0.574. The Kier molecular flexibility index (Phi) is 14.7. The topological polar surface area (TPSA) is 83.4 Å². The number of aliphatic hydroxyl groups excluding tert-OH is 2. The first-order chi connectivity index (χ1) is 15.5. The van der Waals surface area contributed by atoms with Crippen molar-refractivity contribution in [3.8, 4) is 11.5 Å².